The van der Waals surface area contributed by atoms with Gasteiger partial charge in [0.2, 0.25) is 0 Å². The van der Waals surface area contributed by atoms with Crippen molar-refractivity contribution in [3.8, 4) is 0 Å². The van der Waals surface area contributed by atoms with Crippen molar-refractivity contribution < 1.29 is 49.0 Å². The Morgan fingerprint density at radius 2 is 1.68 bits per heavy atom. The first-order valence-electron chi connectivity index (χ1n) is 13.8. The summed E-state index contributed by atoms with van der Waals surface area (Å²) in [5.74, 6) is -6.30. The van der Waals surface area contributed by atoms with Crippen LogP contribution in [0.25, 0.3) is 0 Å². The number of methoxy groups -OCH3 is 1. The molecule has 0 aromatic rings. The molecule has 5 aliphatic rings. The summed E-state index contributed by atoms with van der Waals surface area (Å²) >= 11 is 0. The third-order valence-corrected chi connectivity index (χ3v) is 10.2. The molecule has 0 spiro atoms. The summed E-state index contributed by atoms with van der Waals surface area (Å²) in [7, 11) is 1.51. The lowest BCUT2D eigenvalue weighted by Crippen LogP contribution is -2.69. The summed E-state index contributed by atoms with van der Waals surface area (Å²) in [6, 6.07) is -0.632. The Morgan fingerprint density at radius 1 is 1.00 bits per heavy atom. The van der Waals surface area contributed by atoms with Crippen LogP contribution in [0, 0.1) is 35.5 Å². The SMILES string of the molecule is COC1CCCC2C(=O)C3C(O)C4C[C@@](O)(C(C)=O)C[C@H](O[C@H]5C[C@H](N)[C@H](O)[C@H](C)O5)C4C(O)C3C(=O)C12. The topological polar surface area (TPSA) is 186 Å². The van der Waals surface area contributed by atoms with Crippen LogP contribution in [0.1, 0.15) is 52.4 Å². The minimum atomic E-state index is -1.85. The van der Waals surface area contributed by atoms with Crippen molar-refractivity contribution in [1.29, 1.82) is 0 Å². The average Bonchev–Trinajstić information content (AvgIpc) is 2.87. The zero-order chi connectivity index (χ0) is 27.7. The van der Waals surface area contributed by atoms with Crippen LogP contribution in [0.2, 0.25) is 0 Å². The number of rotatable bonds is 4. The molecule has 0 radical (unpaired) electrons. The minimum Gasteiger partial charge on any atom is -0.392 e. The third-order valence-electron chi connectivity index (χ3n) is 10.2. The van der Waals surface area contributed by atoms with Gasteiger partial charge in [-0.3, -0.25) is 14.4 Å². The molecular weight excluding hydrogens is 498 g/mol. The lowest BCUT2D eigenvalue weighted by atomic mass is 9.49. The first-order valence-corrected chi connectivity index (χ1v) is 13.8. The molecule has 15 atom stereocenters. The quantitative estimate of drug-likeness (QED) is 0.298. The minimum absolute atomic E-state index is 0.138. The van der Waals surface area contributed by atoms with Gasteiger partial charge in [-0.25, -0.2) is 0 Å². The highest BCUT2D eigenvalue weighted by atomic mass is 16.7. The van der Waals surface area contributed by atoms with Crippen LogP contribution in [0.5, 0.6) is 0 Å². The number of ether oxygens (including phenoxy) is 3. The molecule has 1 aliphatic heterocycles. The molecule has 1 saturated heterocycles. The third kappa shape index (κ3) is 4.39. The molecule has 11 heteroatoms. The molecular formula is C27H41NO10. The van der Waals surface area contributed by atoms with Crippen LogP contribution in [-0.2, 0) is 28.6 Å². The van der Waals surface area contributed by atoms with Crippen molar-refractivity contribution in [1.82, 2.24) is 0 Å². The molecule has 5 rings (SSSR count). The predicted octanol–water partition coefficient (Wildman–Crippen LogP) is -0.908. The molecule has 4 saturated carbocycles. The van der Waals surface area contributed by atoms with Crippen LogP contribution in [-0.4, -0.2) is 99.4 Å². The second-order valence-electron chi connectivity index (χ2n) is 12.2. The number of aliphatic hydroxyl groups is 4. The second-order valence-corrected chi connectivity index (χ2v) is 12.2. The van der Waals surface area contributed by atoms with Crippen molar-refractivity contribution in [2.75, 3.05) is 7.11 Å². The summed E-state index contributed by atoms with van der Waals surface area (Å²) in [4.78, 5) is 40.2. The van der Waals surface area contributed by atoms with E-state index in [1.807, 2.05) is 0 Å². The fraction of sp³-hybridized carbons (Fsp3) is 0.889. The highest BCUT2D eigenvalue weighted by Crippen LogP contribution is 2.55. The Hall–Kier alpha value is -1.31. The smallest absolute Gasteiger partial charge is 0.161 e. The van der Waals surface area contributed by atoms with Gasteiger partial charge in [0, 0.05) is 37.8 Å². The molecule has 38 heavy (non-hydrogen) atoms. The lowest BCUT2D eigenvalue weighted by Gasteiger charge is -2.58. The van der Waals surface area contributed by atoms with Gasteiger partial charge in [-0.05, 0) is 39.0 Å². The molecule has 0 aromatic heterocycles. The van der Waals surface area contributed by atoms with Gasteiger partial charge < -0.3 is 40.4 Å². The van der Waals surface area contributed by atoms with E-state index in [4.69, 9.17) is 19.9 Å². The fourth-order valence-electron chi connectivity index (χ4n) is 8.18. The lowest BCUT2D eigenvalue weighted by molar-refractivity contribution is -0.279. The Bertz CT molecular complexity index is 948. The van der Waals surface area contributed by atoms with E-state index in [1.165, 1.54) is 14.0 Å². The standard InChI is InChI=1S/C27H41NO10/c1-10-22(30)14(28)7-17(37-10)38-16-9-27(35,11(2)29)8-13-19(16)26(34)21-20(24(13)32)23(31)12-5-4-6-15(36-3)18(12)25(21)33/h10,12-22,24,26,30,32,34-35H,4-9,28H2,1-3H3/t10-,12?,13?,14-,15?,16-,17-,18?,19?,20?,21?,22+,24?,26?,27-/m0/s1. The van der Waals surface area contributed by atoms with E-state index in [2.05, 4.69) is 0 Å². The molecule has 0 bridgehead atoms. The largest absolute Gasteiger partial charge is 0.392 e. The van der Waals surface area contributed by atoms with Gasteiger partial charge in [-0.2, -0.15) is 0 Å². The van der Waals surface area contributed by atoms with E-state index in [0.29, 0.717) is 12.8 Å². The van der Waals surface area contributed by atoms with Crippen molar-refractivity contribution >= 4 is 17.3 Å². The summed E-state index contributed by atoms with van der Waals surface area (Å²) in [5.41, 5.74) is 4.21. The zero-order valence-electron chi connectivity index (χ0n) is 22.1. The number of nitrogens with two attached hydrogens (primary N) is 1. The maximum atomic E-state index is 13.9. The van der Waals surface area contributed by atoms with Crippen LogP contribution in [0.15, 0.2) is 0 Å². The summed E-state index contributed by atoms with van der Waals surface area (Å²) in [5, 5.41) is 44.8. The van der Waals surface area contributed by atoms with Gasteiger partial charge in [-0.1, -0.05) is 6.42 Å². The van der Waals surface area contributed by atoms with E-state index in [1.54, 1.807) is 6.92 Å². The average molecular weight is 540 g/mol. The van der Waals surface area contributed by atoms with Crippen molar-refractivity contribution in [2.45, 2.75) is 107 Å². The summed E-state index contributed by atoms with van der Waals surface area (Å²) in [6.45, 7) is 2.91. The maximum absolute atomic E-state index is 13.9. The number of carbonyl (C=O) groups excluding carboxylic acids is 3. The number of aliphatic hydroxyl groups excluding tert-OH is 3. The van der Waals surface area contributed by atoms with Crippen LogP contribution in [0.4, 0.5) is 0 Å². The molecule has 9 unspecified atom stereocenters. The van der Waals surface area contributed by atoms with Gasteiger partial charge in [0.1, 0.15) is 17.2 Å². The van der Waals surface area contributed by atoms with Crippen LogP contribution in [0.3, 0.4) is 0 Å². The van der Waals surface area contributed by atoms with E-state index in [0.717, 1.165) is 6.42 Å². The highest BCUT2D eigenvalue weighted by Gasteiger charge is 2.66. The molecule has 0 aromatic carbocycles. The Kier molecular flexibility index (Phi) is 7.62. The molecule has 0 amide bonds. The number of carbonyl (C=O) groups is 3. The first kappa shape index (κ1) is 28.2. The molecule has 4 aliphatic carbocycles. The number of ketones is 3. The predicted molar refractivity (Wildman–Crippen MR) is 130 cm³/mol. The van der Waals surface area contributed by atoms with Crippen LogP contribution < -0.4 is 5.73 Å². The maximum Gasteiger partial charge on any atom is 0.161 e. The van der Waals surface area contributed by atoms with Crippen LogP contribution >= 0.6 is 0 Å². The number of fused-ring (bicyclic) bond motifs is 3. The van der Waals surface area contributed by atoms with Gasteiger partial charge in [-0.15, -0.1) is 0 Å². The molecule has 6 N–H and O–H groups in total. The zero-order valence-corrected chi connectivity index (χ0v) is 22.1. The molecule has 11 nitrogen and oxygen atoms in total. The highest BCUT2D eigenvalue weighted by molar-refractivity contribution is 6.01. The summed E-state index contributed by atoms with van der Waals surface area (Å²) in [6.07, 6.45) is -4.84. The molecule has 1 heterocycles. The number of hydrogen-bond donors (Lipinski definition) is 5. The van der Waals surface area contributed by atoms with Gasteiger partial charge in [0.05, 0.1) is 54.4 Å². The molecule has 214 valence electrons. The van der Waals surface area contributed by atoms with Gasteiger partial charge >= 0.3 is 0 Å². The first-order chi connectivity index (χ1) is 17.9. The Morgan fingerprint density at radius 3 is 2.32 bits per heavy atom. The normalized spacial score (nSPS) is 53.1. The van der Waals surface area contributed by atoms with Gasteiger partial charge in [0.15, 0.2) is 12.1 Å². The molecule has 5 fully saturated rings. The number of hydrogen-bond acceptors (Lipinski definition) is 11. The van der Waals surface area contributed by atoms with E-state index in [9.17, 15) is 34.8 Å². The van der Waals surface area contributed by atoms with Gasteiger partial charge in [0.25, 0.3) is 0 Å². The fourth-order valence-corrected chi connectivity index (χ4v) is 8.18. The Balaban J connectivity index is 1.49. The number of Topliss-reactive ketones (excluding diaryl/α,β-unsaturated/α-hetero) is 3. The Labute approximate surface area is 222 Å². The monoisotopic (exact) mass is 539 g/mol. The van der Waals surface area contributed by atoms with E-state index >= 15 is 0 Å². The van der Waals surface area contributed by atoms with Crippen molar-refractivity contribution in [3.05, 3.63) is 0 Å². The van der Waals surface area contributed by atoms with Crippen molar-refractivity contribution in [3.63, 3.8) is 0 Å². The second kappa shape index (κ2) is 10.3. The van der Waals surface area contributed by atoms with E-state index in [-0.39, 0.29) is 30.8 Å². The van der Waals surface area contributed by atoms with Crippen molar-refractivity contribution in [2.24, 2.45) is 41.2 Å². The summed E-state index contributed by atoms with van der Waals surface area (Å²) < 4.78 is 17.6. The van der Waals surface area contributed by atoms with E-state index < -0.39 is 95.8 Å².